The van der Waals surface area contributed by atoms with Crippen LogP contribution in [0.15, 0.2) is 0 Å². The fourth-order valence-electron chi connectivity index (χ4n) is 3.97. The molecule has 2 bridgehead atoms. The molecule has 3 nitrogen and oxygen atoms in total. The summed E-state index contributed by atoms with van der Waals surface area (Å²) < 4.78 is 0. The average molecular weight is 268 g/mol. The normalized spacial score (nSPS) is 42.2. The highest BCUT2D eigenvalue weighted by molar-refractivity contribution is 4.84. The Morgan fingerprint density at radius 1 is 1.11 bits per heavy atom. The molecular formula is C16H32N2O. The van der Waals surface area contributed by atoms with Gasteiger partial charge in [0.05, 0.1) is 6.61 Å². The molecule has 1 aliphatic carbocycles. The van der Waals surface area contributed by atoms with E-state index in [-0.39, 0.29) is 6.61 Å². The summed E-state index contributed by atoms with van der Waals surface area (Å²) in [6, 6.07) is 0.705. The molecule has 0 radical (unpaired) electrons. The van der Waals surface area contributed by atoms with Crippen LogP contribution in [0.5, 0.6) is 0 Å². The van der Waals surface area contributed by atoms with Crippen molar-refractivity contribution >= 4 is 0 Å². The molecule has 1 heterocycles. The maximum Gasteiger partial charge on any atom is 0.0584 e. The fourth-order valence-corrected chi connectivity index (χ4v) is 3.97. The number of nitrogens with one attached hydrogen (secondary N) is 1. The summed E-state index contributed by atoms with van der Waals surface area (Å²) in [6.07, 6.45) is 10.1. The Labute approximate surface area is 118 Å². The third-order valence-corrected chi connectivity index (χ3v) is 5.26. The van der Waals surface area contributed by atoms with E-state index in [2.05, 4.69) is 12.2 Å². The molecule has 19 heavy (non-hydrogen) atoms. The Balaban J connectivity index is 1.97. The zero-order valence-corrected chi connectivity index (χ0v) is 12.5. The third-order valence-electron chi connectivity index (χ3n) is 5.26. The molecule has 1 saturated carbocycles. The van der Waals surface area contributed by atoms with Crippen LogP contribution in [-0.2, 0) is 0 Å². The third kappa shape index (κ3) is 4.73. The minimum absolute atomic E-state index is 0.278. The lowest BCUT2D eigenvalue weighted by Gasteiger charge is -2.35. The van der Waals surface area contributed by atoms with Gasteiger partial charge in [-0.1, -0.05) is 26.2 Å². The van der Waals surface area contributed by atoms with Gasteiger partial charge < -0.3 is 16.2 Å². The van der Waals surface area contributed by atoms with E-state index in [1.54, 1.807) is 0 Å². The summed E-state index contributed by atoms with van der Waals surface area (Å²) in [6.45, 7) is 3.62. The van der Waals surface area contributed by atoms with Crippen molar-refractivity contribution in [1.29, 1.82) is 0 Å². The first kappa shape index (κ1) is 15.3. The lowest BCUT2D eigenvalue weighted by atomic mass is 9.74. The number of hydrogen-bond acceptors (Lipinski definition) is 3. The Morgan fingerprint density at radius 3 is 2.68 bits per heavy atom. The quantitative estimate of drug-likeness (QED) is 0.684. The molecule has 4 N–H and O–H groups in total. The minimum atomic E-state index is 0.278. The average Bonchev–Trinajstić information content (AvgIpc) is 2.42. The molecule has 0 amide bonds. The van der Waals surface area contributed by atoms with Gasteiger partial charge in [-0.15, -0.1) is 0 Å². The highest BCUT2D eigenvalue weighted by Crippen LogP contribution is 2.34. The molecule has 0 aromatic carbocycles. The van der Waals surface area contributed by atoms with Gasteiger partial charge in [0.2, 0.25) is 0 Å². The highest BCUT2D eigenvalue weighted by atomic mass is 16.3. The van der Waals surface area contributed by atoms with E-state index in [0.29, 0.717) is 18.0 Å². The van der Waals surface area contributed by atoms with E-state index in [1.807, 2.05) is 0 Å². The Morgan fingerprint density at radius 2 is 1.89 bits per heavy atom. The van der Waals surface area contributed by atoms with Crippen molar-refractivity contribution in [2.75, 3.05) is 13.2 Å². The molecule has 2 fully saturated rings. The highest BCUT2D eigenvalue weighted by Gasteiger charge is 2.28. The number of hydrogen-bond donors (Lipinski definition) is 3. The molecule has 3 heteroatoms. The maximum atomic E-state index is 9.54. The van der Waals surface area contributed by atoms with Gasteiger partial charge in [-0.3, -0.25) is 0 Å². The van der Waals surface area contributed by atoms with Crippen LogP contribution < -0.4 is 11.1 Å². The molecule has 1 aliphatic heterocycles. The summed E-state index contributed by atoms with van der Waals surface area (Å²) >= 11 is 0. The molecule has 1 saturated heterocycles. The predicted molar refractivity (Wildman–Crippen MR) is 79.9 cm³/mol. The first-order chi connectivity index (χ1) is 9.19. The zero-order valence-electron chi connectivity index (χ0n) is 12.5. The van der Waals surface area contributed by atoms with Crippen LogP contribution in [-0.4, -0.2) is 30.3 Å². The van der Waals surface area contributed by atoms with Crippen LogP contribution in [0.3, 0.4) is 0 Å². The first-order valence-electron chi connectivity index (χ1n) is 8.28. The van der Waals surface area contributed by atoms with E-state index in [9.17, 15) is 5.11 Å². The van der Waals surface area contributed by atoms with E-state index < -0.39 is 0 Å². The smallest absolute Gasteiger partial charge is 0.0584 e. The number of aliphatic hydroxyl groups excluding tert-OH is 1. The van der Waals surface area contributed by atoms with Gasteiger partial charge in [0, 0.05) is 12.1 Å². The molecule has 2 aliphatic rings. The van der Waals surface area contributed by atoms with Crippen LogP contribution in [0.25, 0.3) is 0 Å². The van der Waals surface area contributed by atoms with Gasteiger partial charge in [-0.05, 0) is 56.4 Å². The molecular weight excluding hydrogens is 236 g/mol. The largest absolute Gasteiger partial charge is 0.395 e. The number of aliphatic hydroxyl groups is 1. The van der Waals surface area contributed by atoms with E-state index in [1.165, 1.54) is 44.9 Å². The number of rotatable bonds is 1. The van der Waals surface area contributed by atoms with Crippen molar-refractivity contribution < 1.29 is 5.11 Å². The SMILES string of the molecule is C[C@@H]1CCC[C@H](N)C2CCCC(C2)C[C@H](CO)NC1. The van der Waals surface area contributed by atoms with Crippen LogP contribution in [0, 0.1) is 17.8 Å². The van der Waals surface area contributed by atoms with Crippen LogP contribution in [0.2, 0.25) is 0 Å². The topological polar surface area (TPSA) is 58.3 Å². The van der Waals surface area contributed by atoms with Crippen molar-refractivity contribution in [3.8, 4) is 0 Å². The lowest BCUT2D eigenvalue weighted by molar-refractivity contribution is 0.165. The van der Waals surface area contributed by atoms with Gasteiger partial charge in [0.1, 0.15) is 0 Å². The Bertz CT molecular complexity index is 259. The number of fused-ring (bicyclic) bond motifs is 2. The lowest BCUT2D eigenvalue weighted by Crippen LogP contribution is -2.40. The maximum absolute atomic E-state index is 9.54. The summed E-state index contributed by atoms with van der Waals surface area (Å²) in [5.74, 6) is 2.19. The molecule has 2 rings (SSSR count). The van der Waals surface area contributed by atoms with Crippen LogP contribution in [0.1, 0.15) is 58.3 Å². The van der Waals surface area contributed by atoms with Crippen LogP contribution in [0.4, 0.5) is 0 Å². The second kappa shape index (κ2) is 7.61. The zero-order chi connectivity index (χ0) is 13.7. The second-order valence-electron chi connectivity index (χ2n) is 7.02. The standard InChI is InChI=1S/C16H32N2O/c1-12-4-2-7-16(17)14-6-3-5-13(8-14)9-15(11-19)18-10-12/h12-16,18-19H,2-11,17H2,1H3/t12-,13?,14?,15-,16+/m1/s1. The summed E-state index contributed by atoms with van der Waals surface area (Å²) in [5.41, 5.74) is 6.41. The Kier molecular flexibility index (Phi) is 6.11. The summed E-state index contributed by atoms with van der Waals surface area (Å²) in [5, 5.41) is 13.1. The van der Waals surface area contributed by atoms with E-state index >= 15 is 0 Å². The first-order valence-corrected chi connectivity index (χ1v) is 8.28. The monoisotopic (exact) mass is 268 g/mol. The molecule has 0 aromatic heterocycles. The van der Waals surface area contributed by atoms with Crippen molar-refractivity contribution in [2.45, 2.75) is 70.4 Å². The predicted octanol–water partition coefficient (Wildman–Crippen LogP) is 2.28. The van der Waals surface area contributed by atoms with E-state index in [4.69, 9.17) is 5.73 Å². The van der Waals surface area contributed by atoms with Gasteiger partial charge >= 0.3 is 0 Å². The minimum Gasteiger partial charge on any atom is -0.395 e. The fraction of sp³-hybridized carbons (Fsp3) is 1.00. The van der Waals surface area contributed by atoms with Gasteiger partial charge in [0.25, 0.3) is 0 Å². The van der Waals surface area contributed by atoms with Gasteiger partial charge in [-0.2, -0.15) is 0 Å². The molecule has 0 spiro atoms. The summed E-state index contributed by atoms with van der Waals surface area (Å²) in [4.78, 5) is 0. The van der Waals surface area contributed by atoms with Crippen molar-refractivity contribution in [2.24, 2.45) is 23.5 Å². The van der Waals surface area contributed by atoms with Crippen LogP contribution >= 0.6 is 0 Å². The van der Waals surface area contributed by atoms with Gasteiger partial charge in [0.15, 0.2) is 0 Å². The summed E-state index contributed by atoms with van der Waals surface area (Å²) in [7, 11) is 0. The van der Waals surface area contributed by atoms with Gasteiger partial charge in [-0.25, -0.2) is 0 Å². The van der Waals surface area contributed by atoms with Crippen molar-refractivity contribution in [3.63, 3.8) is 0 Å². The molecule has 2 unspecified atom stereocenters. The molecule has 0 aromatic rings. The van der Waals surface area contributed by atoms with Crippen molar-refractivity contribution in [1.82, 2.24) is 5.32 Å². The Hall–Kier alpha value is -0.120. The van der Waals surface area contributed by atoms with Crippen molar-refractivity contribution in [3.05, 3.63) is 0 Å². The molecule has 112 valence electrons. The van der Waals surface area contributed by atoms with E-state index in [0.717, 1.165) is 24.8 Å². The number of nitrogens with two attached hydrogens (primary N) is 1. The second-order valence-corrected chi connectivity index (χ2v) is 7.02. The molecule has 5 atom stereocenters.